The van der Waals surface area contributed by atoms with Crippen LogP contribution >= 0.6 is 11.5 Å². The van der Waals surface area contributed by atoms with Gasteiger partial charge in [-0.2, -0.15) is 4.37 Å². The van der Waals surface area contributed by atoms with Crippen LogP contribution < -0.4 is 4.90 Å². The molecule has 0 atom stereocenters. The van der Waals surface area contributed by atoms with Crippen LogP contribution in [0.4, 0.5) is 5.13 Å². The highest BCUT2D eigenvalue weighted by molar-refractivity contribution is 7.09. The third-order valence-electron chi connectivity index (χ3n) is 4.53. The first-order valence-electron chi connectivity index (χ1n) is 8.11. The lowest BCUT2D eigenvalue weighted by Crippen LogP contribution is -2.46. The molecule has 1 fully saturated rings. The summed E-state index contributed by atoms with van der Waals surface area (Å²) in [6.07, 6.45) is 4.30. The molecule has 6 nitrogen and oxygen atoms in total. The Balaban J connectivity index is 1.39. The second kappa shape index (κ2) is 6.70. The Morgan fingerprint density at radius 2 is 1.96 bits per heavy atom. The molecule has 1 aliphatic heterocycles. The molecule has 2 aromatic heterocycles. The van der Waals surface area contributed by atoms with Crippen LogP contribution in [-0.2, 0) is 6.42 Å². The number of nitrogens with zero attached hydrogens (tertiary/aromatic N) is 5. The van der Waals surface area contributed by atoms with Crippen LogP contribution in [0, 0.1) is 0 Å². The van der Waals surface area contributed by atoms with Crippen LogP contribution in [0.2, 0.25) is 0 Å². The van der Waals surface area contributed by atoms with Crippen molar-refractivity contribution in [3.05, 3.63) is 42.4 Å². The highest BCUT2D eigenvalue weighted by atomic mass is 32.1. The number of phenols is 1. The molecule has 3 heterocycles. The zero-order chi connectivity index (χ0) is 16.4. The highest BCUT2D eigenvalue weighted by Gasteiger charge is 2.19. The van der Waals surface area contributed by atoms with E-state index in [1.807, 2.05) is 18.2 Å². The van der Waals surface area contributed by atoms with Gasteiger partial charge in [-0.05, 0) is 24.1 Å². The second-order valence-corrected chi connectivity index (χ2v) is 6.70. The molecule has 0 radical (unpaired) electrons. The molecule has 0 spiro atoms. The number of anilines is 1. The number of aromatic hydroxyl groups is 1. The zero-order valence-electron chi connectivity index (χ0n) is 13.3. The molecule has 1 aliphatic rings. The molecule has 124 valence electrons. The average Bonchev–Trinajstić information content (AvgIpc) is 3.17. The van der Waals surface area contributed by atoms with Crippen molar-refractivity contribution in [2.75, 3.05) is 37.6 Å². The van der Waals surface area contributed by atoms with Gasteiger partial charge in [-0.25, -0.2) is 4.98 Å². The van der Waals surface area contributed by atoms with E-state index in [-0.39, 0.29) is 5.75 Å². The maximum Gasteiger partial charge on any atom is 0.205 e. The topological polar surface area (TPSA) is 65.4 Å². The fraction of sp³-hybridized carbons (Fsp3) is 0.353. The summed E-state index contributed by atoms with van der Waals surface area (Å²) in [6, 6.07) is 7.71. The van der Waals surface area contributed by atoms with E-state index in [2.05, 4.69) is 24.1 Å². The molecule has 3 aromatic rings. The van der Waals surface area contributed by atoms with Gasteiger partial charge in [0.05, 0.1) is 0 Å². The van der Waals surface area contributed by atoms with Gasteiger partial charge in [-0.3, -0.25) is 9.88 Å². The molecule has 1 aromatic carbocycles. The fourth-order valence-electron chi connectivity index (χ4n) is 3.18. The smallest absolute Gasteiger partial charge is 0.205 e. The van der Waals surface area contributed by atoms with Crippen LogP contribution in [0.15, 0.2) is 36.8 Å². The quantitative estimate of drug-likeness (QED) is 0.784. The number of piperazine rings is 1. The van der Waals surface area contributed by atoms with E-state index in [1.165, 1.54) is 17.1 Å². The Kier molecular flexibility index (Phi) is 4.27. The number of phenolic OH excluding ortho intramolecular Hbond substituents is 1. The molecule has 1 N–H and O–H groups in total. The summed E-state index contributed by atoms with van der Waals surface area (Å²) in [5.41, 5.74) is 1.93. The summed E-state index contributed by atoms with van der Waals surface area (Å²) in [7, 11) is 0. The van der Waals surface area contributed by atoms with Crippen molar-refractivity contribution < 1.29 is 5.11 Å². The molecule has 0 amide bonds. The third-order valence-corrected chi connectivity index (χ3v) is 5.26. The standard InChI is InChI=1S/C17H19N5OS/c23-15-4-3-13(14-2-1-6-18-16(14)15)5-7-21-8-10-22(11-9-21)17-19-12-20-24-17/h1-4,6,12,23H,5,7-11H2. The van der Waals surface area contributed by atoms with Crippen molar-refractivity contribution in [2.45, 2.75) is 6.42 Å². The Bertz CT molecular complexity index is 815. The van der Waals surface area contributed by atoms with E-state index in [1.54, 1.807) is 18.6 Å². The largest absolute Gasteiger partial charge is 0.506 e. The number of benzene rings is 1. The lowest BCUT2D eigenvalue weighted by Gasteiger charge is -2.34. The Hall–Kier alpha value is -2.25. The SMILES string of the molecule is Oc1ccc(CCN2CCN(c3ncns3)CC2)c2cccnc12. The Morgan fingerprint density at radius 1 is 1.08 bits per heavy atom. The molecule has 0 saturated carbocycles. The van der Waals surface area contributed by atoms with Gasteiger partial charge in [0.15, 0.2) is 0 Å². The molecule has 7 heteroatoms. The molecular formula is C17H19N5OS. The minimum absolute atomic E-state index is 0.250. The number of aromatic nitrogens is 3. The summed E-state index contributed by atoms with van der Waals surface area (Å²) in [5, 5.41) is 12.0. The van der Waals surface area contributed by atoms with Crippen LogP contribution in [0.5, 0.6) is 5.75 Å². The first-order valence-corrected chi connectivity index (χ1v) is 8.88. The predicted molar refractivity (Wildman–Crippen MR) is 95.7 cm³/mol. The minimum Gasteiger partial charge on any atom is -0.506 e. The van der Waals surface area contributed by atoms with Crippen molar-refractivity contribution in [1.82, 2.24) is 19.2 Å². The summed E-state index contributed by atoms with van der Waals surface area (Å²) in [6.45, 7) is 5.07. The van der Waals surface area contributed by atoms with E-state index in [9.17, 15) is 5.11 Å². The summed E-state index contributed by atoms with van der Waals surface area (Å²) in [5.74, 6) is 0.250. The first kappa shape index (κ1) is 15.3. The number of rotatable bonds is 4. The third kappa shape index (κ3) is 3.05. The normalized spacial score (nSPS) is 15.9. The van der Waals surface area contributed by atoms with Crippen LogP contribution in [0.3, 0.4) is 0 Å². The van der Waals surface area contributed by atoms with Gasteiger partial charge in [0.1, 0.15) is 17.6 Å². The average molecular weight is 341 g/mol. The van der Waals surface area contributed by atoms with Gasteiger partial charge in [-0.15, -0.1) is 0 Å². The van der Waals surface area contributed by atoms with Crippen molar-refractivity contribution >= 4 is 27.6 Å². The van der Waals surface area contributed by atoms with Gasteiger partial charge in [0.25, 0.3) is 0 Å². The monoisotopic (exact) mass is 341 g/mol. The maximum absolute atomic E-state index is 9.94. The van der Waals surface area contributed by atoms with Crippen molar-refractivity contribution in [1.29, 1.82) is 0 Å². The minimum atomic E-state index is 0.250. The number of fused-ring (bicyclic) bond motifs is 1. The number of hydrogen-bond acceptors (Lipinski definition) is 7. The Labute approximate surface area is 144 Å². The predicted octanol–water partition coefficient (Wildman–Crippen LogP) is 2.16. The number of hydrogen-bond donors (Lipinski definition) is 1. The summed E-state index contributed by atoms with van der Waals surface area (Å²) >= 11 is 1.46. The first-order chi connectivity index (χ1) is 11.8. The lowest BCUT2D eigenvalue weighted by atomic mass is 10.0. The van der Waals surface area contributed by atoms with Gasteiger partial charge in [0.2, 0.25) is 5.13 Å². The molecule has 0 bridgehead atoms. The van der Waals surface area contributed by atoms with Gasteiger partial charge in [-0.1, -0.05) is 12.1 Å². The second-order valence-electron chi connectivity index (χ2n) is 5.95. The van der Waals surface area contributed by atoms with Crippen molar-refractivity contribution in [3.63, 3.8) is 0 Å². The molecule has 0 aliphatic carbocycles. The molecule has 24 heavy (non-hydrogen) atoms. The summed E-state index contributed by atoms with van der Waals surface area (Å²) < 4.78 is 4.08. The zero-order valence-corrected chi connectivity index (χ0v) is 14.1. The van der Waals surface area contributed by atoms with E-state index in [0.717, 1.165) is 49.7 Å². The molecule has 1 saturated heterocycles. The number of pyridine rings is 1. The van der Waals surface area contributed by atoms with E-state index < -0.39 is 0 Å². The molecule has 0 unspecified atom stereocenters. The maximum atomic E-state index is 9.94. The van der Waals surface area contributed by atoms with E-state index in [4.69, 9.17) is 0 Å². The highest BCUT2D eigenvalue weighted by Crippen LogP contribution is 2.26. The van der Waals surface area contributed by atoms with Gasteiger partial charge >= 0.3 is 0 Å². The van der Waals surface area contributed by atoms with Crippen molar-refractivity contribution in [2.24, 2.45) is 0 Å². The summed E-state index contributed by atoms with van der Waals surface area (Å²) in [4.78, 5) is 13.4. The van der Waals surface area contributed by atoms with Crippen LogP contribution in [0.1, 0.15) is 5.56 Å². The van der Waals surface area contributed by atoms with E-state index in [0.29, 0.717) is 5.52 Å². The van der Waals surface area contributed by atoms with Gasteiger partial charge < -0.3 is 10.0 Å². The lowest BCUT2D eigenvalue weighted by molar-refractivity contribution is 0.261. The van der Waals surface area contributed by atoms with Crippen molar-refractivity contribution in [3.8, 4) is 5.75 Å². The van der Waals surface area contributed by atoms with Crippen LogP contribution in [0.25, 0.3) is 10.9 Å². The van der Waals surface area contributed by atoms with Gasteiger partial charge in [0, 0.05) is 55.8 Å². The van der Waals surface area contributed by atoms with Crippen LogP contribution in [-0.4, -0.2) is 57.1 Å². The molecule has 4 rings (SSSR count). The molecular weight excluding hydrogens is 322 g/mol. The fourth-order valence-corrected chi connectivity index (χ4v) is 3.76. The van der Waals surface area contributed by atoms with E-state index >= 15 is 0 Å². The Morgan fingerprint density at radius 3 is 2.75 bits per heavy atom.